The summed E-state index contributed by atoms with van der Waals surface area (Å²) in [6.07, 6.45) is 1.34. The number of nitrogen functional groups attached to an aromatic ring is 1. The lowest BCUT2D eigenvalue weighted by Crippen LogP contribution is -2.54. The molecule has 6 rings (SSSR count). The van der Waals surface area contributed by atoms with Crippen LogP contribution in [0.25, 0.3) is 11.0 Å². The average molecular weight is 618 g/mol. The maximum Gasteiger partial charge on any atom is 0.333 e. The summed E-state index contributed by atoms with van der Waals surface area (Å²) in [4.78, 5) is 106. The molecular weight excluding hydrogens is 590 g/mol. The van der Waals surface area contributed by atoms with Crippen LogP contribution in [0.5, 0.6) is 0 Å². The number of aromatic nitrogens is 3. The summed E-state index contributed by atoms with van der Waals surface area (Å²) in [5, 5.41) is 7.65. The van der Waals surface area contributed by atoms with E-state index in [1.807, 2.05) is 0 Å². The summed E-state index contributed by atoms with van der Waals surface area (Å²) in [6, 6.07) is 4.41. The van der Waals surface area contributed by atoms with Gasteiger partial charge in [-0.25, -0.2) is 9.78 Å². The second kappa shape index (κ2) is 11.0. The Labute approximate surface area is 252 Å². The van der Waals surface area contributed by atoms with Crippen LogP contribution in [0.4, 0.5) is 11.5 Å². The van der Waals surface area contributed by atoms with E-state index >= 15 is 0 Å². The monoisotopic (exact) mass is 617 g/mol. The molecular formula is C28H27N9O8. The van der Waals surface area contributed by atoms with E-state index < -0.39 is 59.3 Å². The van der Waals surface area contributed by atoms with Crippen molar-refractivity contribution in [1.82, 2.24) is 29.7 Å². The molecule has 0 spiro atoms. The number of rotatable bonds is 9. The molecule has 45 heavy (non-hydrogen) atoms. The van der Waals surface area contributed by atoms with Gasteiger partial charge in [-0.2, -0.15) is 0 Å². The van der Waals surface area contributed by atoms with Gasteiger partial charge in [0.2, 0.25) is 17.7 Å². The number of nitrogens with one attached hydrogen (secondary N) is 3. The maximum atomic E-state index is 13.3. The van der Waals surface area contributed by atoms with Crippen LogP contribution in [0, 0.1) is 0 Å². The zero-order chi connectivity index (χ0) is 32.2. The zero-order valence-corrected chi connectivity index (χ0v) is 23.6. The molecule has 17 heteroatoms. The highest BCUT2D eigenvalue weighted by molar-refractivity contribution is 6.25. The average Bonchev–Trinajstić information content (AvgIpc) is 3.79. The van der Waals surface area contributed by atoms with Gasteiger partial charge in [-0.1, -0.05) is 6.07 Å². The molecule has 1 atom stereocenters. The van der Waals surface area contributed by atoms with Gasteiger partial charge in [0, 0.05) is 31.2 Å². The lowest BCUT2D eigenvalue weighted by Gasteiger charge is -2.27. The topological polar surface area (TPSA) is 251 Å². The van der Waals surface area contributed by atoms with Crippen molar-refractivity contribution in [2.24, 2.45) is 5.73 Å². The number of carbonyl (C=O) groups is 6. The number of imide groups is 2. The fraction of sp³-hybridized carbons (Fsp3) is 0.321. The van der Waals surface area contributed by atoms with E-state index in [-0.39, 0.29) is 65.5 Å². The Balaban J connectivity index is 1.15. The van der Waals surface area contributed by atoms with Gasteiger partial charge in [-0.3, -0.25) is 52.9 Å². The quantitative estimate of drug-likeness (QED) is 0.132. The Kier molecular flexibility index (Phi) is 7.14. The van der Waals surface area contributed by atoms with Crippen molar-refractivity contribution >= 4 is 58.0 Å². The molecule has 4 heterocycles. The molecule has 232 valence electrons. The highest BCUT2D eigenvalue weighted by atomic mass is 16.2. The number of hydrogen-bond acceptors (Lipinski definition) is 11. The Hall–Kier alpha value is -5.87. The molecule has 7 N–H and O–H groups in total. The van der Waals surface area contributed by atoms with Gasteiger partial charge in [0.1, 0.15) is 18.4 Å². The third kappa shape index (κ3) is 5.07. The summed E-state index contributed by atoms with van der Waals surface area (Å²) in [5.41, 5.74) is 9.88. The first-order chi connectivity index (χ1) is 21.5. The first-order valence-corrected chi connectivity index (χ1v) is 14.1. The number of hydrogen-bond donors (Lipinski definition) is 5. The van der Waals surface area contributed by atoms with Gasteiger partial charge >= 0.3 is 5.69 Å². The van der Waals surface area contributed by atoms with Crippen molar-refractivity contribution in [2.75, 3.05) is 24.1 Å². The number of benzene rings is 1. The number of amides is 6. The molecule has 0 bridgehead atoms. The van der Waals surface area contributed by atoms with E-state index in [1.54, 1.807) is 12.1 Å². The molecule has 1 saturated carbocycles. The molecule has 6 amide bonds. The molecule has 2 aromatic heterocycles. The second-order valence-corrected chi connectivity index (χ2v) is 10.9. The van der Waals surface area contributed by atoms with Gasteiger partial charge in [0.25, 0.3) is 23.3 Å². The standard InChI is InChI=1S/C28H27N9O8/c29-21-14(22(30)40)10-15-23(34-21)36(12-4-5-12)28(45)35(25(15)42)11-19(39)32-9-8-31-16-3-1-2-13-20(16)27(44)37(26(13)43)17-6-7-18(38)33-24(17)41/h1-3,10,12,17,31H,4-9,11H2,(H2,29,34)(H2,30,40)(H,32,39)(H,33,38,41). The lowest BCUT2D eigenvalue weighted by atomic mass is 10.0. The van der Waals surface area contributed by atoms with Crippen LogP contribution in [-0.2, 0) is 20.9 Å². The van der Waals surface area contributed by atoms with E-state index in [0.29, 0.717) is 18.5 Å². The van der Waals surface area contributed by atoms with Crippen LogP contribution >= 0.6 is 0 Å². The van der Waals surface area contributed by atoms with Crippen LogP contribution in [0.15, 0.2) is 33.9 Å². The minimum Gasteiger partial charge on any atom is -0.383 e. The molecule has 2 aliphatic heterocycles. The maximum absolute atomic E-state index is 13.3. The van der Waals surface area contributed by atoms with Crippen LogP contribution in [0.2, 0.25) is 0 Å². The molecule has 0 radical (unpaired) electrons. The van der Waals surface area contributed by atoms with Crippen molar-refractivity contribution in [3.8, 4) is 0 Å². The van der Waals surface area contributed by atoms with Crippen molar-refractivity contribution in [1.29, 1.82) is 0 Å². The Morgan fingerprint density at radius 3 is 2.47 bits per heavy atom. The van der Waals surface area contributed by atoms with E-state index in [4.69, 9.17) is 11.5 Å². The lowest BCUT2D eigenvalue weighted by molar-refractivity contribution is -0.136. The smallest absolute Gasteiger partial charge is 0.333 e. The summed E-state index contributed by atoms with van der Waals surface area (Å²) >= 11 is 0. The number of nitrogens with zero attached hydrogens (tertiary/aromatic N) is 4. The number of anilines is 2. The highest BCUT2D eigenvalue weighted by Gasteiger charge is 2.45. The van der Waals surface area contributed by atoms with Crippen molar-refractivity contribution < 1.29 is 28.8 Å². The summed E-state index contributed by atoms with van der Waals surface area (Å²) in [7, 11) is 0. The van der Waals surface area contributed by atoms with E-state index in [0.717, 1.165) is 9.47 Å². The third-order valence-electron chi connectivity index (χ3n) is 7.88. The van der Waals surface area contributed by atoms with Gasteiger partial charge in [-0.05, 0) is 37.5 Å². The number of carbonyl (C=O) groups excluding carboxylic acids is 6. The van der Waals surface area contributed by atoms with Crippen LogP contribution < -0.4 is 38.7 Å². The Morgan fingerprint density at radius 1 is 1.02 bits per heavy atom. The summed E-state index contributed by atoms with van der Waals surface area (Å²) < 4.78 is 2.04. The summed E-state index contributed by atoms with van der Waals surface area (Å²) in [6.45, 7) is -0.526. The van der Waals surface area contributed by atoms with Gasteiger partial charge < -0.3 is 22.1 Å². The fourth-order valence-electron chi connectivity index (χ4n) is 5.57. The molecule has 1 unspecified atom stereocenters. The Bertz CT molecular complexity index is 1980. The number of primary amides is 1. The predicted molar refractivity (Wildman–Crippen MR) is 156 cm³/mol. The summed E-state index contributed by atoms with van der Waals surface area (Å²) in [5.74, 6) is -4.32. The van der Waals surface area contributed by atoms with E-state index in [1.165, 1.54) is 16.7 Å². The molecule has 17 nitrogen and oxygen atoms in total. The molecule has 1 aliphatic carbocycles. The SMILES string of the molecule is NC(=O)c1cc2c(=O)n(CC(=O)NCCNc3cccc4c3C(=O)N(C3CCC(=O)NC3=O)C4=O)c(=O)n(C3CC3)c2nc1N. The Morgan fingerprint density at radius 2 is 1.78 bits per heavy atom. The largest absolute Gasteiger partial charge is 0.383 e. The van der Waals surface area contributed by atoms with Crippen molar-refractivity contribution in [3.05, 3.63) is 61.8 Å². The third-order valence-corrected chi connectivity index (χ3v) is 7.88. The van der Waals surface area contributed by atoms with Crippen LogP contribution in [0.1, 0.15) is 62.8 Å². The fourth-order valence-corrected chi connectivity index (χ4v) is 5.57. The van der Waals surface area contributed by atoms with Gasteiger partial charge in [0.05, 0.1) is 22.1 Å². The first-order valence-electron chi connectivity index (χ1n) is 14.1. The number of pyridine rings is 1. The highest BCUT2D eigenvalue weighted by Crippen LogP contribution is 2.35. The molecule has 2 fully saturated rings. The molecule has 3 aliphatic rings. The van der Waals surface area contributed by atoms with E-state index in [2.05, 4.69) is 20.9 Å². The van der Waals surface area contributed by atoms with Gasteiger partial charge in [-0.15, -0.1) is 0 Å². The van der Waals surface area contributed by atoms with Crippen LogP contribution in [0.3, 0.4) is 0 Å². The molecule has 1 saturated heterocycles. The van der Waals surface area contributed by atoms with E-state index in [9.17, 15) is 38.4 Å². The molecule has 3 aromatic rings. The molecule has 1 aromatic carbocycles. The van der Waals surface area contributed by atoms with Crippen molar-refractivity contribution in [2.45, 2.75) is 44.3 Å². The number of nitrogens with two attached hydrogens (primary N) is 2. The first kappa shape index (κ1) is 29.2. The van der Waals surface area contributed by atoms with Gasteiger partial charge in [0.15, 0.2) is 5.65 Å². The van der Waals surface area contributed by atoms with Crippen LogP contribution in [-0.4, -0.2) is 73.6 Å². The number of fused-ring (bicyclic) bond motifs is 2. The van der Waals surface area contributed by atoms with Crippen molar-refractivity contribution in [3.63, 3.8) is 0 Å². The predicted octanol–water partition coefficient (Wildman–Crippen LogP) is -1.80. The minimum atomic E-state index is -1.11. The minimum absolute atomic E-state index is 0.00452. The second-order valence-electron chi connectivity index (χ2n) is 10.9. The normalized spacial score (nSPS) is 17.8. The zero-order valence-electron chi connectivity index (χ0n) is 23.6. The number of piperidine rings is 1.